The van der Waals surface area contributed by atoms with Gasteiger partial charge in [0.25, 0.3) is 0 Å². The highest BCUT2D eigenvalue weighted by molar-refractivity contribution is 5.67. The van der Waals surface area contributed by atoms with Crippen molar-refractivity contribution in [2.45, 2.75) is 90.0 Å². The summed E-state index contributed by atoms with van der Waals surface area (Å²) in [6.07, 6.45) is 4.59. The third kappa shape index (κ3) is 8.67. The summed E-state index contributed by atoms with van der Waals surface area (Å²) in [6.45, 7) is 5.61. The fraction of sp³-hybridized carbons (Fsp3) is 0.667. The van der Waals surface area contributed by atoms with Gasteiger partial charge in [0.15, 0.2) is 0 Å². The molecule has 0 aromatic rings. The minimum atomic E-state index is -1.09. The molecule has 0 radical (unpaired) electrons. The number of allylic oxidation sites excluding steroid dienone is 1. The van der Waals surface area contributed by atoms with Crippen LogP contribution in [0.15, 0.2) is 12.2 Å². The summed E-state index contributed by atoms with van der Waals surface area (Å²) in [6, 6.07) is 0. The summed E-state index contributed by atoms with van der Waals surface area (Å²) < 4.78 is 22.2. The molecule has 1 N–H and O–H groups in total. The number of aliphatic hydroxyl groups excluding tert-OH is 1. The maximum atomic E-state index is 11.6. The summed E-state index contributed by atoms with van der Waals surface area (Å²) in [7, 11) is 0. The van der Waals surface area contributed by atoms with Gasteiger partial charge in [0.1, 0.15) is 18.3 Å². The molecule has 0 aromatic carbocycles. The maximum Gasteiger partial charge on any atom is 0.302 e. The molecule has 162 valence electrons. The van der Waals surface area contributed by atoms with E-state index in [-0.39, 0.29) is 12.8 Å². The second kappa shape index (κ2) is 12.2. The van der Waals surface area contributed by atoms with Gasteiger partial charge in [-0.05, 0) is 18.9 Å². The van der Waals surface area contributed by atoms with E-state index in [1.807, 2.05) is 6.92 Å². The Morgan fingerprint density at radius 1 is 1.14 bits per heavy atom. The van der Waals surface area contributed by atoms with Crippen molar-refractivity contribution in [1.82, 2.24) is 0 Å². The van der Waals surface area contributed by atoms with Gasteiger partial charge in [-0.2, -0.15) is 0 Å². The molecule has 0 aliphatic carbocycles. The first-order chi connectivity index (χ1) is 13.7. The summed E-state index contributed by atoms with van der Waals surface area (Å²) in [5.74, 6) is 0.800. The Hall–Kier alpha value is -2.37. The molecular weight excluding hydrogens is 380 g/mol. The molecule has 1 saturated heterocycles. The highest BCUT2D eigenvalue weighted by atomic mass is 16.6. The van der Waals surface area contributed by atoms with Crippen LogP contribution in [0.4, 0.5) is 0 Å². The largest absolute Gasteiger partial charge is 0.460 e. The van der Waals surface area contributed by atoms with Crippen molar-refractivity contribution in [3.05, 3.63) is 12.2 Å². The van der Waals surface area contributed by atoms with Crippen LogP contribution >= 0.6 is 0 Å². The zero-order valence-corrected chi connectivity index (χ0v) is 17.3. The third-order valence-electron chi connectivity index (χ3n) is 4.48. The standard InChI is InChI=1S/C21H30O8/c1-6-8-9-10-18-20(28-15(5)24)11-16(25)19(27-14(4)23)12-21(29-18)17(7-2)26-13(3)22/h1,8-9,16-21,25H,7,10-12H2,2-5H3. The van der Waals surface area contributed by atoms with Crippen molar-refractivity contribution in [3.63, 3.8) is 0 Å². The second-order valence-corrected chi connectivity index (χ2v) is 6.91. The van der Waals surface area contributed by atoms with Crippen LogP contribution < -0.4 is 0 Å². The zero-order valence-electron chi connectivity index (χ0n) is 17.3. The van der Waals surface area contributed by atoms with Gasteiger partial charge < -0.3 is 24.1 Å². The number of aliphatic hydroxyl groups is 1. The van der Waals surface area contributed by atoms with Crippen LogP contribution in [-0.2, 0) is 33.3 Å². The molecule has 1 fully saturated rings. The average Bonchev–Trinajstić information content (AvgIpc) is 2.61. The van der Waals surface area contributed by atoms with Crippen LogP contribution in [0.2, 0.25) is 0 Å². The molecule has 0 amide bonds. The number of ether oxygens (including phenoxy) is 4. The maximum absolute atomic E-state index is 11.6. The monoisotopic (exact) mass is 410 g/mol. The van der Waals surface area contributed by atoms with E-state index in [2.05, 4.69) is 5.92 Å². The van der Waals surface area contributed by atoms with E-state index in [1.165, 1.54) is 26.8 Å². The molecule has 1 rings (SSSR count). The Kier molecular flexibility index (Phi) is 10.4. The molecule has 8 nitrogen and oxygen atoms in total. The molecule has 6 unspecified atom stereocenters. The Labute approximate surface area is 171 Å². The molecule has 29 heavy (non-hydrogen) atoms. The zero-order chi connectivity index (χ0) is 22.0. The third-order valence-corrected chi connectivity index (χ3v) is 4.48. The first kappa shape index (κ1) is 24.7. The normalized spacial score (nSPS) is 28.5. The Morgan fingerprint density at radius 2 is 1.76 bits per heavy atom. The van der Waals surface area contributed by atoms with Gasteiger partial charge in [-0.3, -0.25) is 14.4 Å². The number of hydrogen-bond acceptors (Lipinski definition) is 8. The molecule has 8 heteroatoms. The van der Waals surface area contributed by atoms with Crippen molar-refractivity contribution in [3.8, 4) is 12.3 Å². The van der Waals surface area contributed by atoms with Crippen molar-refractivity contribution in [2.75, 3.05) is 0 Å². The summed E-state index contributed by atoms with van der Waals surface area (Å²) in [5.41, 5.74) is 0. The van der Waals surface area contributed by atoms with Crippen molar-refractivity contribution in [2.24, 2.45) is 0 Å². The number of esters is 3. The molecule has 0 saturated carbocycles. The van der Waals surface area contributed by atoms with Crippen LogP contribution in [0.1, 0.15) is 53.4 Å². The van der Waals surface area contributed by atoms with Crippen molar-refractivity contribution in [1.29, 1.82) is 0 Å². The van der Waals surface area contributed by atoms with Crippen molar-refractivity contribution >= 4 is 17.9 Å². The van der Waals surface area contributed by atoms with Gasteiger partial charge in [0.2, 0.25) is 0 Å². The molecule has 6 atom stereocenters. The second-order valence-electron chi connectivity index (χ2n) is 6.91. The number of terminal acetylenes is 1. The minimum absolute atomic E-state index is 0.0170. The Bertz CT molecular complexity index is 635. The molecule has 1 aliphatic heterocycles. The summed E-state index contributed by atoms with van der Waals surface area (Å²) in [4.78, 5) is 34.6. The van der Waals surface area contributed by atoms with Crippen LogP contribution in [0.3, 0.4) is 0 Å². The predicted octanol–water partition coefficient (Wildman–Crippen LogP) is 1.68. The van der Waals surface area contributed by atoms with E-state index in [4.69, 9.17) is 25.4 Å². The van der Waals surface area contributed by atoms with E-state index in [1.54, 1.807) is 6.08 Å². The molecule has 0 bridgehead atoms. The molecule has 0 spiro atoms. The SMILES string of the molecule is C#CC=CCC1OC(C(CC)OC(C)=O)CC(OC(C)=O)C(O)CC1OC(C)=O. The van der Waals surface area contributed by atoms with E-state index in [9.17, 15) is 19.5 Å². The lowest BCUT2D eigenvalue weighted by Crippen LogP contribution is -2.50. The highest BCUT2D eigenvalue weighted by Crippen LogP contribution is 2.29. The summed E-state index contributed by atoms with van der Waals surface area (Å²) in [5, 5.41) is 10.7. The molecule has 1 aliphatic rings. The minimum Gasteiger partial charge on any atom is -0.460 e. The van der Waals surface area contributed by atoms with Gasteiger partial charge in [-0.1, -0.05) is 18.9 Å². The Morgan fingerprint density at radius 3 is 2.28 bits per heavy atom. The number of hydrogen-bond donors (Lipinski definition) is 1. The van der Waals surface area contributed by atoms with E-state index >= 15 is 0 Å². The smallest absolute Gasteiger partial charge is 0.302 e. The number of rotatable bonds is 7. The number of carbonyl (C=O) groups excluding carboxylic acids is 3. The van der Waals surface area contributed by atoms with Crippen LogP contribution in [0, 0.1) is 12.3 Å². The van der Waals surface area contributed by atoms with Crippen LogP contribution in [0.5, 0.6) is 0 Å². The van der Waals surface area contributed by atoms with E-state index in [0.717, 1.165) is 0 Å². The lowest BCUT2D eigenvalue weighted by atomic mass is 9.92. The van der Waals surface area contributed by atoms with E-state index in [0.29, 0.717) is 12.8 Å². The van der Waals surface area contributed by atoms with Crippen LogP contribution in [-0.4, -0.2) is 59.6 Å². The lowest BCUT2D eigenvalue weighted by Gasteiger charge is -2.39. The quantitative estimate of drug-likeness (QED) is 0.384. The van der Waals surface area contributed by atoms with Gasteiger partial charge >= 0.3 is 17.9 Å². The fourth-order valence-electron chi connectivity index (χ4n) is 3.32. The van der Waals surface area contributed by atoms with Gasteiger partial charge in [0.05, 0.1) is 18.3 Å². The molecule has 0 aromatic heterocycles. The average molecular weight is 410 g/mol. The number of carbonyl (C=O) groups is 3. The molecule has 1 heterocycles. The highest BCUT2D eigenvalue weighted by Gasteiger charge is 2.40. The van der Waals surface area contributed by atoms with Gasteiger partial charge in [-0.15, -0.1) is 6.42 Å². The Balaban J connectivity index is 3.25. The van der Waals surface area contributed by atoms with Gasteiger partial charge in [-0.25, -0.2) is 0 Å². The van der Waals surface area contributed by atoms with E-state index < -0.39 is 54.5 Å². The van der Waals surface area contributed by atoms with Crippen molar-refractivity contribution < 1.29 is 38.4 Å². The first-order valence-corrected chi connectivity index (χ1v) is 9.64. The first-order valence-electron chi connectivity index (χ1n) is 9.64. The summed E-state index contributed by atoms with van der Waals surface area (Å²) >= 11 is 0. The predicted molar refractivity (Wildman–Crippen MR) is 103 cm³/mol. The topological polar surface area (TPSA) is 108 Å². The van der Waals surface area contributed by atoms with Crippen LogP contribution in [0.25, 0.3) is 0 Å². The van der Waals surface area contributed by atoms with Gasteiger partial charge in [0, 0.05) is 33.6 Å². The molecular formula is C21H30O8. The fourth-order valence-corrected chi connectivity index (χ4v) is 3.32. The lowest BCUT2D eigenvalue weighted by molar-refractivity contribution is -0.197.